The van der Waals surface area contributed by atoms with Crippen LogP contribution in [0.4, 0.5) is 0 Å². The van der Waals surface area contributed by atoms with E-state index in [1.54, 1.807) is 6.08 Å². The molecule has 0 aliphatic rings. The van der Waals surface area contributed by atoms with Crippen LogP contribution in [0.1, 0.15) is 162 Å². The minimum absolute atomic E-state index is 0.0412. The Bertz CT molecular complexity index is 1240. The van der Waals surface area contributed by atoms with Gasteiger partial charge in [0.05, 0.1) is 25.9 Å². The maximum Gasteiger partial charge on any atom is 0.472 e. The second kappa shape index (κ2) is 40.8. The van der Waals surface area contributed by atoms with E-state index in [1.165, 1.54) is 64.2 Å². The third-order valence-corrected chi connectivity index (χ3v) is 10.1. The summed E-state index contributed by atoms with van der Waals surface area (Å²) in [5, 5.41) is 28.2. The topological polar surface area (TPSA) is 169 Å². The molecule has 0 aromatic carbocycles. The van der Waals surface area contributed by atoms with E-state index < -0.39 is 57.9 Å². The van der Waals surface area contributed by atoms with E-state index >= 15 is 0 Å². The van der Waals surface area contributed by atoms with Gasteiger partial charge in [0.2, 0.25) is 0 Å². The zero-order chi connectivity index (χ0) is 43.7. The molecule has 0 bridgehead atoms. The molecule has 59 heavy (non-hydrogen) atoms. The van der Waals surface area contributed by atoms with Gasteiger partial charge in [-0.3, -0.25) is 18.6 Å². The number of phosphoric ester groups is 1. The average Bonchev–Trinajstić information content (AvgIpc) is 3.20. The smallest absolute Gasteiger partial charge is 0.462 e. The van der Waals surface area contributed by atoms with E-state index in [4.69, 9.17) is 19.1 Å². The Morgan fingerprint density at radius 2 is 1.17 bits per heavy atom. The Hall–Kier alpha value is -2.63. The van der Waals surface area contributed by atoms with Gasteiger partial charge in [-0.15, -0.1) is 0 Å². The van der Waals surface area contributed by atoms with Crippen LogP contribution in [0.5, 0.6) is 0 Å². The number of ether oxygens (including phenoxy) is 2. The van der Waals surface area contributed by atoms with E-state index in [0.717, 1.165) is 44.4 Å². The lowest BCUT2D eigenvalue weighted by atomic mass is 10.0. The molecule has 4 atom stereocenters. The summed E-state index contributed by atoms with van der Waals surface area (Å²) in [6, 6.07) is 0. The number of allylic oxidation sites excluding steroid dienone is 10. The fraction of sp³-hybridized carbons (Fsp3) is 0.702. The molecule has 0 saturated heterocycles. The van der Waals surface area contributed by atoms with Crippen molar-refractivity contribution in [2.75, 3.05) is 26.4 Å². The highest BCUT2D eigenvalue weighted by molar-refractivity contribution is 7.47. The first-order valence-electron chi connectivity index (χ1n) is 22.4. The van der Waals surface area contributed by atoms with Crippen molar-refractivity contribution in [2.24, 2.45) is 5.92 Å². The standard InChI is InChI=1S/C47H81O11P/c1-4-5-28-34-43(49)35-30-25-21-17-13-9-7-11-15-19-23-27-32-37-47(52)58-45(41-57-59(53,54)56-39-44(50)38-48)40-55-46(51)36-31-26-22-18-14-10-6-8-12-16-20-24-29-33-42(2)3/h5,9,11,13,15,21,23,25,27-28,30,35,42-45,48-50H,4,6-8,10,12,14,16-20,22,24,26,29,31-34,36-41H2,1-3H3,(H,53,54)/b13-9-,15-11-,25-21+,27-23-,28-5-,35-30+/t43?,44-,45+/m0/s1. The summed E-state index contributed by atoms with van der Waals surface area (Å²) < 4.78 is 32.6. The summed E-state index contributed by atoms with van der Waals surface area (Å²) in [4.78, 5) is 35.0. The third-order valence-electron chi connectivity index (χ3n) is 9.15. The third kappa shape index (κ3) is 41.9. The molecule has 0 rings (SSSR count). The summed E-state index contributed by atoms with van der Waals surface area (Å²) in [6.45, 7) is 4.40. The minimum Gasteiger partial charge on any atom is -0.462 e. The first-order valence-corrected chi connectivity index (χ1v) is 23.9. The molecule has 4 N–H and O–H groups in total. The highest BCUT2D eigenvalue weighted by atomic mass is 31.2. The summed E-state index contributed by atoms with van der Waals surface area (Å²) in [5.74, 6) is -0.237. The Morgan fingerprint density at radius 1 is 0.627 bits per heavy atom. The van der Waals surface area contributed by atoms with Crippen LogP contribution in [0.2, 0.25) is 0 Å². The second-order valence-corrected chi connectivity index (χ2v) is 16.8. The van der Waals surface area contributed by atoms with E-state index in [9.17, 15) is 29.3 Å². The first-order chi connectivity index (χ1) is 28.5. The number of rotatable bonds is 40. The lowest BCUT2D eigenvalue weighted by molar-refractivity contribution is -0.161. The normalized spacial score (nSPS) is 15.1. The zero-order valence-corrected chi connectivity index (χ0v) is 37.6. The maximum absolute atomic E-state index is 12.6. The molecule has 0 heterocycles. The van der Waals surface area contributed by atoms with Crippen LogP contribution >= 0.6 is 7.82 Å². The highest BCUT2D eigenvalue weighted by Gasteiger charge is 2.27. The molecule has 12 heteroatoms. The quantitative estimate of drug-likeness (QED) is 0.0152. The summed E-state index contributed by atoms with van der Waals surface area (Å²) >= 11 is 0. The summed E-state index contributed by atoms with van der Waals surface area (Å²) in [6.07, 6.45) is 42.2. The molecule has 0 aromatic heterocycles. The van der Waals surface area contributed by atoms with Crippen LogP contribution in [-0.4, -0.2) is 76.9 Å². The van der Waals surface area contributed by atoms with E-state index in [1.807, 2.05) is 48.6 Å². The number of hydrogen-bond donors (Lipinski definition) is 4. The van der Waals surface area contributed by atoms with Crippen molar-refractivity contribution in [3.05, 3.63) is 72.9 Å². The molecule has 0 aliphatic carbocycles. The van der Waals surface area contributed by atoms with Crippen LogP contribution in [0.25, 0.3) is 0 Å². The largest absolute Gasteiger partial charge is 0.472 e. The Labute approximate surface area is 357 Å². The number of phosphoric acid groups is 1. The molecule has 2 unspecified atom stereocenters. The first kappa shape index (κ1) is 56.4. The molecular formula is C47H81O11P. The molecular weight excluding hydrogens is 771 g/mol. The van der Waals surface area contributed by atoms with Gasteiger partial charge in [-0.1, -0.05) is 177 Å². The van der Waals surface area contributed by atoms with Crippen molar-refractivity contribution >= 4 is 19.8 Å². The minimum atomic E-state index is -4.65. The van der Waals surface area contributed by atoms with Crippen LogP contribution in [-0.2, 0) is 32.7 Å². The molecule has 0 fully saturated rings. The fourth-order valence-electron chi connectivity index (χ4n) is 5.70. The van der Waals surface area contributed by atoms with Crippen molar-refractivity contribution in [3.63, 3.8) is 0 Å². The molecule has 0 aromatic rings. The molecule has 0 aliphatic heterocycles. The van der Waals surface area contributed by atoms with Gasteiger partial charge >= 0.3 is 19.8 Å². The summed E-state index contributed by atoms with van der Waals surface area (Å²) in [5.41, 5.74) is 0. The molecule has 0 spiro atoms. The number of carbonyl (C=O) groups excluding carboxylic acids is 2. The number of aliphatic hydroxyl groups excluding tert-OH is 3. The van der Waals surface area contributed by atoms with Gasteiger partial charge in [0.25, 0.3) is 0 Å². The van der Waals surface area contributed by atoms with Gasteiger partial charge in [0.1, 0.15) is 12.7 Å². The predicted octanol–water partition coefficient (Wildman–Crippen LogP) is 10.9. The number of carbonyl (C=O) groups is 2. The van der Waals surface area contributed by atoms with Crippen molar-refractivity contribution in [1.29, 1.82) is 0 Å². The van der Waals surface area contributed by atoms with Crippen LogP contribution in [0.3, 0.4) is 0 Å². The lowest BCUT2D eigenvalue weighted by Crippen LogP contribution is -2.29. The van der Waals surface area contributed by atoms with Crippen LogP contribution in [0, 0.1) is 5.92 Å². The van der Waals surface area contributed by atoms with Gasteiger partial charge < -0.3 is 29.7 Å². The monoisotopic (exact) mass is 853 g/mol. The Kier molecular flexibility index (Phi) is 38.9. The molecule has 11 nitrogen and oxygen atoms in total. The predicted molar refractivity (Wildman–Crippen MR) is 239 cm³/mol. The lowest BCUT2D eigenvalue weighted by Gasteiger charge is -2.20. The molecule has 0 saturated carbocycles. The van der Waals surface area contributed by atoms with Crippen molar-refractivity contribution in [2.45, 2.75) is 180 Å². The van der Waals surface area contributed by atoms with E-state index in [2.05, 4.69) is 43.5 Å². The Morgan fingerprint density at radius 3 is 1.75 bits per heavy atom. The van der Waals surface area contributed by atoms with Gasteiger partial charge in [0.15, 0.2) is 6.10 Å². The highest BCUT2D eigenvalue weighted by Crippen LogP contribution is 2.43. The fourth-order valence-corrected chi connectivity index (χ4v) is 6.49. The number of hydrogen-bond acceptors (Lipinski definition) is 10. The Balaban J connectivity index is 4.45. The molecule has 0 radical (unpaired) electrons. The van der Waals surface area contributed by atoms with Gasteiger partial charge in [-0.25, -0.2) is 4.57 Å². The van der Waals surface area contributed by atoms with Gasteiger partial charge in [-0.05, 0) is 50.9 Å². The van der Waals surface area contributed by atoms with Gasteiger partial charge in [-0.2, -0.15) is 0 Å². The van der Waals surface area contributed by atoms with Crippen molar-refractivity contribution in [3.8, 4) is 0 Å². The van der Waals surface area contributed by atoms with Crippen LogP contribution in [0.15, 0.2) is 72.9 Å². The molecule has 340 valence electrons. The zero-order valence-electron chi connectivity index (χ0n) is 36.7. The SMILES string of the molecule is CC/C=C\CC(O)/C=C/C=C/C/C=C\C/C=C\C/C=C\CCC(=O)O[C@H](COC(=O)CCCCCCCCCCCCCCCC(C)C)COP(=O)(O)OC[C@@H](O)CO. The maximum atomic E-state index is 12.6. The second-order valence-electron chi connectivity index (χ2n) is 15.4. The molecule has 0 amide bonds. The number of aliphatic hydroxyl groups is 3. The van der Waals surface area contributed by atoms with Crippen LogP contribution < -0.4 is 0 Å². The van der Waals surface area contributed by atoms with E-state index in [0.29, 0.717) is 25.7 Å². The average molecular weight is 853 g/mol. The number of esters is 2. The summed E-state index contributed by atoms with van der Waals surface area (Å²) in [7, 11) is -4.65. The van der Waals surface area contributed by atoms with Gasteiger partial charge in [0, 0.05) is 12.8 Å². The van der Waals surface area contributed by atoms with Crippen molar-refractivity contribution in [1.82, 2.24) is 0 Å². The van der Waals surface area contributed by atoms with E-state index in [-0.39, 0.29) is 19.4 Å². The number of unbranched alkanes of at least 4 members (excludes halogenated alkanes) is 12. The van der Waals surface area contributed by atoms with Crippen molar-refractivity contribution < 1.29 is 52.9 Å².